The molecule has 1 aromatic carbocycles. The Morgan fingerprint density at radius 2 is 1.67 bits per heavy atom. The zero-order valence-electron chi connectivity index (χ0n) is 11.3. The number of rotatable bonds is 3. The Morgan fingerprint density at radius 3 is 2.10 bits per heavy atom. The van der Waals surface area contributed by atoms with E-state index in [1.807, 2.05) is 6.92 Å². The molecule has 3 nitrogen and oxygen atoms in total. The molecule has 118 valence electrons. The molecule has 1 aliphatic heterocycles. The number of nitrogens with zero attached hydrogens (tertiary/aromatic N) is 1. The molecule has 0 saturated carbocycles. The van der Waals surface area contributed by atoms with Crippen molar-refractivity contribution >= 4 is 26.0 Å². The highest BCUT2D eigenvalue weighted by molar-refractivity contribution is 9.09. The lowest BCUT2D eigenvalue weighted by Gasteiger charge is -2.32. The first kappa shape index (κ1) is 16.8. The van der Waals surface area contributed by atoms with Crippen LogP contribution in [0.2, 0.25) is 0 Å². The van der Waals surface area contributed by atoms with Gasteiger partial charge in [-0.15, -0.1) is 0 Å². The summed E-state index contributed by atoms with van der Waals surface area (Å²) in [4.78, 5) is -0.823. The summed E-state index contributed by atoms with van der Waals surface area (Å²) < 4.78 is 65.9. The van der Waals surface area contributed by atoms with E-state index in [0.717, 1.165) is 4.31 Å². The van der Waals surface area contributed by atoms with E-state index in [0.29, 0.717) is 30.9 Å². The van der Waals surface area contributed by atoms with Crippen LogP contribution in [0.3, 0.4) is 0 Å². The molecule has 21 heavy (non-hydrogen) atoms. The lowest BCUT2D eigenvalue weighted by atomic mass is 9.96. The maximum atomic E-state index is 13.7. The van der Waals surface area contributed by atoms with Crippen molar-refractivity contribution in [2.75, 3.05) is 13.1 Å². The van der Waals surface area contributed by atoms with E-state index >= 15 is 0 Å². The quantitative estimate of drug-likeness (QED) is 0.748. The zero-order valence-corrected chi connectivity index (χ0v) is 13.7. The smallest absolute Gasteiger partial charge is 0.207 e. The topological polar surface area (TPSA) is 37.4 Å². The molecule has 0 spiro atoms. The molecule has 1 aliphatic rings. The van der Waals surface area contributed by atoms with Crippen molar-refractivity contribution in [1.29, 1.82) is 0 Å². The van der Waals surface area contributed by atoms with E-state index in [2.05, 4.69) is 15.9 Å². The van der Waals surface area contributed by atoms with Crippen molar-refractivity contribution in [1.82, 2.24) is 4.31 Å². The summed E-state index contributed by atoms with van der Waals surface area (Å²) >= 11 is 3.45. The molecule has 0 N–H and O–H groups in total. The predicted molar refractivity (Wildman–Crippen MR) is 76.2 cm³/mol. The van der Waals surface area contributed by atoms with E-state index in [1.165, 1.54) is 0 Å². The monoisotopic (exact) mass is 385 g/mol. The van der Waals surface area contributed by atoms with E-state index < -0.39 is 32.4 Å². The third-order valence-corrected chi connectivity index (χ3v) is 6.41. The molecule has 1 unspecified atom stereocenters. The van der Waals surface area contributed by atoms with E-state index in [-0.39, 0.29) is 17.9 Å². The number of piperidine rings is 1. The molecule has 1 saturated heterocycles. The first-order chi connectivity index (χ1) is 9.73. The molecule has 0 aromatic heterocycles. The number of alkyl halides is 1. The minimum atomic E-state index is -4.29. The molecular formula is C13H15BrF3NO2S. The highest BCUT2D eigenvalue weighted by atomic mass is 79.9. The van der Waals surface area contributed by atoms with Crippen molar-refractivity contribution in [3.63, 3.8) is 0 Å². The average Bonchev–Trinajstić information content (AvgIpc) is 2.37. The summed E-state index contributed by atoms with van der Waals surface area (Å²) in [7, 11) is -4.29. The fourth-order valence-corrected chi connectivity index (χ4v) is 4.57. The Labute approximate surface area is 130 Å². The van der Waals surface area contributed by atoms with Crippen LogP contribution in [0.25, 0.3) is 0 Å². The molecule has 0 amide bonds. The molecule has 1 atom stereocenters. The van der Waals surface area contributed by atoms with Crippen LogP contribution in [-0.2, 0) is 10.0 Å². The van der Waals surface area contributed by atoms with Crippen molar-refractivity contribution in [2.45, 2.75) is 29.5 Å². The molecule has 2 rings (SSSR count). The van der Waals surface area contributed by atoms with Crippen LogP contribution >= 0.6 is 15.9 Å². The molecule has 1 aromatic rings. The van der Waals surface area contributed by atoms with Gasteiger partial charge < -0.3 is 0 Å². The van der Waals surface area contributed by atoms with Crippen LogP contribution in [0.1, 0.15) is 19.8 Å². The molecule has 1 heterocycles. The highest BCUT2D eigenvalue weighted by Crippen LogP contribution is 2.30. The van der Waals surface area contributed by atoms with Crippen molar-refractivity contribution in [3.05, 3.63) is 29.6 Å². The van der Waals surface area contributed by atoms with Crippen LogP contribution in [0.15, 0.2) is 17.0 Å². The van der Waals surface area contributed by atoms with Crippen LogP contribution < -0.4 is 0 Å². The van der Waals surface area contributed by atoms with Gasteiger partial charge in [0.15, 0.2) is 4.90 Å². The Bertz CT molecular complexity index is 605. The summed E-state index contributed by atoms with van der Waals surface area (Å²) in [5.41, 5.74) is 0. The van der Waals surface area contributed by atoms with Crippen LogP contribution in [0.5, 0.6) is 0 Å². The largest absolute Gasteiger partial charge is 0.248 e. The maximum Gasteiger partial charge on any atom is 0.248 e. The van der Waals surface area contributed by atoms with Crippen molar-refractivity contribution in [3.8, 4) is 0 Å². The van der Waals surface area contributed by atoms with Crippen LogP contribution in [-0.4, -0.2) is 30.6 Å². The minimum Gasteiger partial charge on any atom is -0.207 e. The normalized spacial score (nSPS) is 19.7. The number of halogens is 4. The zero-order chi connectivity index (χ0) is 15.8. The Balaban J connectivity index is 2.28. The van der Waals surface area contributed by atoms with Gasteiger partial charge in [-0.25, -0.2) is 21.6 Å². The Kier molecular flexibility index (Phi) is 4.99. The third-order valence-electron chi connectivity index (χ3n) is 3.71. The number of benzene rings is 1. The molecule has 8 heteroatoms. The summed E-state index contributed by atoms with van der Waals surface area (Å²) in [6, 6.07) is 0.756. The third kappa shape index (κ3) is 3.43. The van der Waals surface area contributed by atoms with Gasteiger partial charge in [0.2, 0.25) is 10.0 Å². The van der Waals surface area contributed by atoms with Gasteiger partial charge in [-0.1, -0.05) is 22.9 Å². The Hall–Kier alpha value is -0.600. The second-order valence-electron chi connectivity index (χ2n) is 5.12. The van der Waals surface area contributed by atoms with Gasteiger partial charge in [0, 0.05) is 30.0 Å². The number of hydrogen-bond donors (Lipinski definition) is 0. The minimum absolute atomic E-state index is 0.194. The number of hydrogen-bond acceptors (Lipinski definition) is 2. The van der Waals surface area contributed by atoms with Crippen LogP contribution in [0.4, 0.5) is 13.2 Å². The van der Waals surface area contributed by atoms with E-state index in [9.17, 15) is 21.6 Å². The standard InChI is InChI=1S/C13H15BrF3NO2S/c1-8(14)9-2-4-18(5-3-9)21(19,20)13-11(16)6-10(15)7-12(13)17/h6-9H,2-5H2,1H3. The van der Waals surface area contributed by atoms with Gasteiger partial charge in [-0.05, 0) is 18.8 Å². The summed E-state index contributed by atoms with van der Waals surface area (Å²) in [6.45, 7) is 2.37. The predicted octanol–water partition coefficient (Wildman–Crippen LogP) is 3.29. The molecular weight excluding hydrogens is 371 g/mol. The first-order valence-corrected chi connectivity index (χ1v) is 8.88. The van der Waals surface area contributed by atoms with Gasteiger partial charge in [0.05, 0.1) is 0 Å². The summed E-state index contributed by atoms with van der Waals surface area (Å²) in [5, 5.41) is 0. The average molecular weight is 386 g/mol. The second kappa shape index (κ2) is 6.26. The second-order valence-corrected chi connectivity index (χ2v) is 8.44. The maximum absolute atomic E-state index is 13.7. The van der Waals surface area contributed by atoms with Gasteiger partial charge in [0.1, 0.15) is 17.5 Å². The van der Waals surface area contributed by atoms with Gasteiger partial charge in [0.25, 0.3) is 0 Å². The van der Waals surface area contributed by atoms with Gasteiger partial charge in [-0.3, -0.25) is 0 Å². The fraction of sp³-hybridized carbons (Fsp3) is 0.538. The number of sulfonamides is 1. The van der Waals surface area contributed by atoms with Crippen molar-refractivity contribution in [2.24, 2.45) is 5.92 Å². The summed E-state index contributed by atoms with van der Waals surface area (Å²) in [6.07, 6.45) is 1.21. The lowest BCUT2D eigenvalue weighted by molar-refractivity contribution is 0.273. The van der Waals surface area contributed by atoms with E-state index in [1.54, 1.807) is 0 Å². The fourth-order valence-electron chi connectivity index (χ4n) is 2.48. The molecule has 1 fully saturated rings. The van der Waals surface area contributed by atoms with Crippen LogP contribution in [0, 0.1) is 23.4 Å². The summed E-state index contributed by atoms with van der Waals surface area (Å²) in [5.74, 6) is -3.62. The van der Waals surface area contributed by atoms with Crippen molar-refractivity contribution < 1.29 is 21.6 Å². The molecule has 0 aliphatic carbocycles. The van der Waals surface area contributed by atoms with Gasteiger partial charge >= 0.3 is 0 Å². The van der Waals surface area contributed by atoms with E-state index in [4.69, 9.17) is 0 Å². The molecule has 0 bridgehead atoms. The van der Waals surface area contributed by atoms with Gasteiger partial charge in [-0.2, -0.15) is 4.31 Å². The SMILES string of the molecule is CC(Br)C1CCN(S(=O)(=O)c2c(F)cc(F)cc2F)CC1. The highest BCUT2D eigenvalue weighted by Gasteiger charge is 2.34. The molecule has 0 radical (unpaired) electrons. The Morgan fingerprint density at radius 1 is 1.19 bits per heavy atom. The first-order valence-electron chi connectivity index (χ1n) is 6.52. The lowest BCUT2D eigenvalue weighted by Crippen LogP contribution is -2.40.